The second kappa shape index (κ2) is 5.82. The van der Waals surface area contributed by atoms with Crippen LogP contribution in [0.15, 0.2) is 29.2 Å². The van der Waals surface area contributed by atoms with E-state index in [2.05, 4.69) is 0 Å². The van der Waals surface area contributed by atoms with Crippen LogP contribution in [0.25, 0.3) is 0 Å². The summed E-state index contributed by atoms with van der Waals surface area (Å²) >= 11 is 7.37. The first-order valence-electron chi connectivity index (χ1n) is 5.73. The minimum Gasteiger partial charge on any atom is -0.392 e. The van der Waals surface area contributed by atoms with Gasteiger partial charge in [0.25, 0.3) is 0 Å². The van der Waals surface area contributed by atoms with Crippen molar-refractivity contribution in [2.75, 3.05) is 17.3 Å². The number of hydrogen-bond donors (Lipinski definition) is 1. The first-order valence-corrected chi connectivity index (χ1v) is 8.92. The maximum Gasteiger partial charge on any atom is 0.150 e. The molecule has 1 fully saturated rings. The fourth-order valence-electron chi connectivity index (χ4n) is 2.00. The van der Waals surface area contributed by atoms with Gasteiger partial charge in [0, 0.05) is 21.6 Å². The van der Waals surface area contributed by atoms with Gasteiger partial charge in [-0.3, -0.25) is 0 Å². The lowest BCUT2D eigenvalue weighted by Crippen LogP contribution is -2.23. The van der Waals surface area contributed by atoms with Gasteiger partial charge in [0.15, 0.2) is 9.84 Å². The topological polar surface area (TPSA) is 54.4 Å². The van der Waals surface area contributed by atoms with Crippen LogP contribution >= 0.6 is 23.4 Å². The van der Waals surface area contributed by atoms with Crippen LogP contribution in [0.3, 0.4) is 0 Å². The third-order valence-corrected chi connectivity index (χ3v) is 6.15. The predicted octanol–water partition coefficient (Wildman–Crippen LogP) is 2.23. The summed E-state index contributed by atoms with van der Waals surface area (Å²) in [6.07, 6.45) is -0.00849. The summed E-state index contributed by atoms with van der Waals surface area (Å²) in [6, 6.07) is 7.42. The molecule has 1 aliphatic rings. The number of hydrogen-bond acceptors (Lipinski definition) is 4. The van der Waals surface area contributed by atoms with E-state index in [1.54, 1.807) is 6.07 Å². The van der Waals surface area contributed by atoms with Crippen molar-refractivity contribution in [1.29, 1.82) is 0 Å². The van der Waals surface area contributed by atoms with E-state index in [4.69, 9.17) is 11.6 Å². The lowest BCUT2D eigenvalue weighted by Gasteiger charge is -2.15. The van der Waals surface area contributed by atoms with Gasteiger partial charge in [0.2, 0.25) is 0 Å². The number of aliphatic hydroxyl groups excluding tert-OH is 1. The van der Waals surface area contributed by atoms with Crippen LogP contribution in [0.5, 0.6) is 0 Å². The molecule has 3 nitrogen and oxygen atoms in total. The van der Waals surface area contributed by atoms with Gasteiger partial charge in [0.05, 0.1) is 17.6 Å². The smallest absolute Gasteiger partial charge is 0.150 e. The molecule has 1 N–H and O–H groups in total. The van der Waals surface area contributed by atoms with Crippen LogP contribution < -0.4 is 0 Å². The number of aliphatic hydroxyl groups is 1. The third kappa shape index (κ3) is 3.88. The Bertz CT molecular complexity index is 516. The highest BCUT2D eigenvalue weighted by atomic mass is 35.5. The quantitative estimate of drug-likeness (QED) is 0.867. The summed E-state index contributed by atoms with van der Waals surface area (Å²) in [6.45, 7) is 0. The Labute approximate surface area is 116 Å². The van der Waals surface area contributed by atoms with E-state index in [0.717, 1.165) is 4.90 Å². The summed E-state index contributed by atoms with van der Waals surface area (Å²) < 4.78 is 22.7. The molecule has 100 valence electrons. The molecule has 0 bridgehead atoms. The van der Waals surface area contributed by atoms with Crippen molar-refractivity contribution in [3.63, 3.8) is 0 Å². The zero-order valence-corrected chi connectivity index (χ0v) is 12.1. The number of sulfone groups is 1. The lowest BCUT2D eigenvalue weighted by atomic mass is 10.0. The minimum atomic E-state index is -2.92. The number of benzene rings is 1. The van der Waals surface area contributed by atoms with E-state index in [0.29, 0.717) is 17.2 Å². The molecule has 0 radical (unpaired) electrons. The molecule has 0 spiro atoms. The minimum absolute atomic E-state index is 0.115. The van der Waals surface area contributed by atoms with Crippen LogP contribution in [-0.2, 0) is 9.84 Å². The van der Waals surface area contributed by atoms with Gasteiger partial charge in [-0.1, -0.05) is 17.7 Å². The molecule has 1 saturated heterocycles. The Morgan fingerprint density at radius 2 is 2.28 bits per heavy atom. The summed E-state index contributed by atoms with van der Waals surface area (Å²) in [5.41, 5.74) is 0. The molecular weight excluding hydrogens is 292 g/mol. The van der Waals surface area contributed by atoms with Gasteiger partial charge in [-0.15, -0.1) is 11.8 Å². The van der Waals surface area contributed by atoms with Crippen molar-refractivity contribution in [2.24, 2.45) is 5.92 Å². The fraction of sp³-hybridized carbons (Fsp3) is 0.500. The van der Waals surface area contributed by atoms with Crippen molar-refractivity contribution in [2.45, 2.75) is 17.4 Å². The zero-order valence-electron chi connectivity index (χ0n) is 9.75. The SMILES string of the molecule is O=S1(=O)CCC(C(O)CSc2cccc(Cl)c2)C1. The monoisotopic (exact) mass is 306 g/mol. The molecule has 0 aromatic heterocycles. The Kier molecular flexibility index (Phi) is 4.59. The van der Waals surface area contributed by atoms with Crippen molar-refractivity contribution in [1.82, 2.24) is 0 Å². The van der Waals surface area contributed by atoms with Crippen LogP contribution in [0.2, 0.25) is 5.02 Å². The van der Waals surface area contributed by atoms with Gasteiger partial charge < -0.3 is 5.11 Å². The molecule has 1 aromatic carbocycles. The van der Waals surface area contributed by atoms with E-state index in [-0.39, 0.29) is 17.4 Å². The Morgan fingerprint density at radius 1 is 1.50 bits per heavy atom. The molecule has 2 rings (SSSR count). The molecular formula is C12H15ClO3S2. The highest BCUT2D eigenvalue weighted by Crippen LogP contribution is 2.27. The zero-order chi connectivity index (χ0) is 13.2. The van der Waals surface area contributed by atoms with Gasteiger partial charge >= 0.3 is 0 Å². The maximum atomic E-state index is 11.3. The van der Waals surface area contributed by atoms with Crippen molar-refractivity contribution in [3.05, 3.63) is 29.3 Å². The largest absolute Gasteiger partial charge is 0.392 e. The average Bonchev–Trinajstić information content (AvgIpc) is 2.67. The highest BCUT2D eigenvalue weighted by Gasteiger charge is 2.32. The maximum absolute atomic E-state index is 11.3. The summed E-state index contributed by atoms with van der Waals surface area (Å²) in [5.74, 6) is 0.697. The van der Waals surface area contributed by atoms with Crippen molar-refractivity contribution in [3.8, 4) is 0 Å². The van der Waals surface area contributed by atoms with E-state index in [9.17, 15) is 13.5 Å². The van der Waals surface area contributed by atoms with Crippen molar-refractivity contribution < 1.29 is 13.5 Å². The normalized spacial score (nSPS) is 24.0. The molecule has 2 atom stereocenters. The molecule has 0 aliphatic carbocycles. The second-order valence-corrected chi connectivity index (χ2v) is 8.26. The van der Waals surface area contributed by atoms with E-state index < -0.39 is 15.9 Å². The molecule has 0 amide bonds. The van der Waals surface area contributed by atoms with E-state index >= 15 is 0 Å². The van der Waals surface area contributed by atoms with Crippen LogP contribution in [-0.4, -0.2) is 36.9 Å². The average molecular weight is 307 g/mol. The van der Waals surface area contributed by atoms with Crippen LogP contribution in [0.1, 0.15) is 6.42 Å². The number of rotatable bonds is 4. The summed E-state index contributed by atoms with van der Waals surface area (Å²) in [4.78, 5) is 0.988. The molecule has 2 unspecified atom stereocenters. The first-order chi connectivity index (χ1) is 8.46. The fourth-order valence-corrected chi connectivity index (χ4v) is 5.15. The Hall–Kier alpha value is -0.230. The lowest BCUT2D eigenvalue weighted by molar-refractivity contribution is 0.143. The number of halogens is 1. The standard InChI is InChI=1S/C12H15ClO3S2/c13-10-2-1-3-11(6-10)17-7-12(14)9-4-5-18(15,16)8-9/h1-3,6,9,12,14H,4-5,7-8H2. The summed E-state index contributed by atoms with van der Waals surface area (Å²) in [7, 11) is -2.92. The van der Waals surface area contributed by atoms with Gasteiger partial charge in [-0.2, -0.15) is 0 Å². The molecule has 1 aliphatic heterocycles. The van der Waals surface area contributed by atoms with Gasteiger partial charge in [-0.25, -0.2) is 8.42 Å². The predicted molar refractivity (Wildman–Crippen MR) is 74.9 cm³/mol. The molecule has 1 aromatic rings. The van der Waals surface area contributed by atoms with E-state index in [1.165, 1.54) is 11.8 Å². The van der Waals surface area contributed by atoms with Gasteiger partial charge in [0.1, 0.15) is 0 Å². The second-order valence-electron chi connectivity index (χ2n) is 4.50. The Balaban J connectivity index is 1.87. The summed E-state index contributed by atoms with van der Waals surface area (Å²) in [5, 5.41) is 10.7. The highest BCUT2D eigenvalue weighted by molar-refractivity contribution is 7.99. The van der Waals surface area contributed by atoms with E-state index in [1.807, 2.05) is 18.2 Å². The van der Waals surface area contributed by atoms with Gasteiger partial charge in [-0.05, 0) is 24.6 Å². The molecule has 1 heterocycles. The van der Waals surface area contributed by atoms with Crippen molar-refractivity contribution >= 4 is 33.2 Å². The first kappa shape index (κ1) is 14.2. The number of thioether (sulfide) groups is 1. The van der Waals surface area contributed by atoms with Crippen LogP contribution in [0.4, 0.5) is 0 Å². The molecule has 18 heavy (non-hydrogen) atoms. The van der Waals surface area contributed by atoms with Crippen LogP contribution in [0, 0.1) is 5.92 Å². The Morgan fingerprint density at radius 3 is 2.89 bits per heavy atom. The molecule has 6 heteroatoms. The third-order valence-electron chi connectivity index (χ3n) is 3.03. The molecule has 0 saturated carbocycles.